The number of hydrogen-bond acceptors (Lipinski definition) is 5. The number of hydrogen-bond donors (Lipinski definition) is 1. The lowest BCUT2D eigenvalue weighted by molar-refractivity contribution is 0.0783. The third-order valence-corrected chi connectivity index (χ3v) is 3.80. The molecule has 0 radical (unpaired) electrons. The van der Waals surface area contributed by atoms with E-state index in [1.165, 1.54) is 4.90 Å². The number of aromatic nitrogens is 2. The Kier molecular flexibility index (Phi) is 4.87. The van der Waals surface area contributed by atoms with Crippen LogP contribution in [0.2, 0.25) is 4.47 Å². The zero-order valence-electron chi connectivity index (χ0n) is 11.5. The topological polar surface area (TPSA) is 75.2 Å². The van der Waals surface area contributed by atoms with Crippen LogP contribution in [0.25, 0.3) is 0 Å². The number of halogens is 1. The van der Waals surface area contributed by atoms with Gasteiger partial charge in [-0.2, -0.15) is 0 Å². The molecule has 0 aliphatic heterocycles. The molecule has 8 heteroatoms. The summed E-state index contributed by atoms with van der Waals surface area (Å²) in [5.41, 5.74) is 1.49. The molecular weight excluding hydrogens is 312 g/mol. The molecule has 2 aromatic rings. The molecule has 0 spiro atoms. The number of nitrogens with one attached hydrogen (secondary N) is 1. The normalized spacial score (nSPS) is 10.2. The van der Waals surface area contributed by atoms with Crippen molar-refractivity contribution in [3.8, 4) is 0 Å². The van der Waals surface area contributed by atoms with E-state index in [-0.39, 0.29) is 21.3 Å². The van der Waals surface area contributed by atoms with Crippen LogP contribution in [0.4, 0.5) is 0 Å². The van der Waals surface area contributed by atoms with Crippen molar-refractivity contribution in [3.05, 3.63) is 44.9 Å². The summed E-state index contributed by atoms with van der Waals surface area (Å²) in [6.07, 6.45) is 0. The lowest BCUT2D eigenvalue weighted by Crippen LogP contribution is -2.26. The van der Waals surface area contributed by atoms with E-state index in [1.807, 2.05) is 0 Å². The lowest BCUT2D eigenvalue weighted by atomic mass is 10.1. The van der Waals surface area contributed by atoms with Crippen molar-refractivity contribution in [2.24, 2.45) is 0 Å². The van der Waals surface area contributed by atoms with Gasteiger partial charge in [0.05, 0.1) is 0 Å². The molecule has 0 aliphatic rings. The maximum Gasteiger partial charge on any atom is 0.284 e. The fourth-order valence-electron chi connectivity index (χ4n) is 1.71. The Bertz CT molecular complexity index is 656. The molecule has 6 nitrogen and oxygen atoms in total. The van der Waals surface area contributed by atoms with Crippen LogP contribution in [0.1, 0.15) is 25.7 Å². The molecule has 0 aliphatic carbocycles. The summed E-state index contributed by atoms with van der Waals surface area (Å²) in [5.74, 6) is -0.385. The Balaban J connectivity index is 2.04. The van der Waals surface area contributed by atoms with E-state index in [0.717, 1.165) is 16.9 Å². The molecule has 1 aromatic heterocycles. The summed E-state index contributed by atoms with van der Waals surface area (Å²) in [6.45, 7) is 0.407. The second-order valence-corrected chi connectivity index (χ2v) is 5.86. The molecule has 0 unspecified atom stereocenters. The van der Waals surface area contributed by atoms with E-state index >= 15 is 0 Å². The first kappa shape index (κ1) is 15.4. The second kappa shape index (κ2) is 6.64. The minimum atomic E-state index is -0.241. The number of carbonyl (C=O) groups excluding carboxylic acids is 2. The molecule has 0 atom stereocenters. The molecule has 0 bridgehead atoms. The Hall–Kier alpha value is -1.99. The van der Waals surface area contributed by atoms with Crippen molar-refractivity contribution in [2.75, 3.05) is 14.1 Å². The Morgan fingerprint density at radius 1 is 1.29 bits per heavy atom. The third kappa shape index (κ3) is 3.77. The van der Waals surface area contributed by atoms with Crippen molar-refractivity contribution in [1.82, 2.24) is 20.4 Å². The largest absolute Gasteiger partial charge is 0.355 e. The molecule has 21 heavy (non-hydrogen) atoms. The predicted molar refractivity (Wildman–Crippen MR) is 80.5 cm³/mol. The summed E-state index contributed by atoms with van der Waals surface area (Å²) in [4.78, 5) is 25.1. The van der Waals surface area contributed by atoms with Gasteiger partial charge in [0.25, 0.3) is 11.8 Å². The van der Waals surface area contributed by atoms with Gasteiger partial charge in [0, 0.05) is 26.2 Å². The number of amides is 2. The van der Waals surface area contributed by atoms with Crippen LogP contribution in [0.3, 0.4) is 0 Å². The first-order valence-electron chi connectivity index (χ1n) is 6.06. The summed E-state index contributed by atoms with van der Waals surface area (Å²) in [7, 11) is 3.25. The Labute approximate surface area is 130 Å². The van der Waals surface area contributed by atoms with Crippen molar-refractivity contribution in [2.45, 2.75) is 6.54 Å². The molecule has 110 valence electrons. The molecule has 2 rings (SSSR count). The molecule has 1 N–H and O–H groups in total. The fraction of sp³-hybridized carbons (Fsp3) is 0.231. The zero-order chi connectivity index (χ0) is 15.4. The molecule has 0 saturated carbocycles. The molecule has 2 amide bonds. The molecule has 1 aromatic carbocycles. The van der Waals surface area contributed by atoms with Crippen molar-refractivity contribution in [1.29, 1.82) is 0 Å². The fourth-order valence-corrected chi connectivity index (χ4v) is 2.53. The van der Waals surface area contributed by atoms with Gasteiger partial charge in [-0.05, 0) is 29.3 Å². The highest BCUT2D eigenvalue weighted by atomic mass is 35.5. The van der Waals surface area contributed by atoms with Crippen LogP contribution in [-0.4, -0.2) is 41.0 Å². The van der Waals surface area contributed by atoms with E-state index in [4.69, 9.17) is 11.6 Å². The van der Waals surface area contributed by atoms with E-state index < -0.39 is 0 Å². The van der Waals surface area contributed by atoms with Gasteiger partial charge in [0.1, 0.15) is 0 Å². The first-order valence-corrected chi connectivity index (χ1v) is 7.26. The summed E-state index contributed by atoms with van der Waals surface area (Å²) < 4.78 is 0.238. The summed E-state index contributed by atoms with van der Waals surface area (Å²) >= 11 is 6.71. The Morgan fingerprint density at radius 3 is 2.48 bits per heavy atom. The monoisotopic (exact) mass is 324 g/mol. The van der Waals surface area contributed by atoms with Gasteiger partial charge in [-0.3, -0.25) is 9.59 Å². The van der Waals surface area contributed by atoms with Gasteiger partial charge in [-0.25, -0.2) is 0 Å². The second-order valence-electron chi connectivity index (χ2n) is 4.30. The van der Waals surface area contributed by atoms with Crippen molar-refractivity contribution < 1.29 is 9.59 Å². The number of nitrogens with zero attached hydrogens (tertiary/aromatic N) is 3. The standard InChI is InChI=1S/C13H13ClN4O2S/c1-15-10(19)9-5-3-8(4-6-9)7-18(2)12(20)11-16-17-13(14)21-11/h3-6H,7H2,1-2H3,(H,15,19). The molecule has 0 fully saturated rings. The zero-order valence-corrected chi connectivity index (χ0v) is 13.0. The average Bonchev–Trinajstić information content (AvgIpc) is 2.93. The minimum absolute atomic E-state index is 0.144. The molecule has 0 saturated heterocycles. The molecule has 1 heterocycles. The van der Waals surface area contributed by atoms with E-state index in [9.17, 15) is 9.59 Å². The smallest absolute Gasteiger partial charge is 0.284 e. The van der Waals surface area contributed by atoms with Gasteiger partial charge >= 0.3 is 0 Å². The predicted octanol–water partition coefficient (Wildman–Crippen LogP) is 1.82. The quantitative estimate of drug-likeness (QED) is 0.931. The third-order valence-electron chi connectivity index (χ3n) is 2.79. The average molecular weight is 325 g/mol. The highest BCUT2D eigenvalue weighted by Gasteiger charge is 2.17. The highest BCUT2D eigenvalue weighted by Crippen LogP contribution is 2.17. The van der Waals surface area contributed by atoms with Crippen LogP contribution < -0.4 is 5.32 Å². The van der Waals surface area contributed by atoms with Crippen LogP contribution in [0.5, 0.6) is 0 Å². The van der Waals surface area contributed by atoms with Gasteiger partial charge in [-0.15, -0.1) is 10.2 Å². The van der Waals surface area contributed by atoms with Crippen LogP contribution in [0, 0.1) is 0 Å². The van der Waals surface area contributed by atoms with Crippen LogP contribution in [-0.2, 0) is 6.54 Å². The maximum atomic E-state index is 12.1. The van der Waals surface area contributed by atoms with Gasteiger partial charge in [-0.1, -0.05) is 23.5 Å². The van der Waals surface area contributed by atoms with Gasteiger partial charge in [0.15, 0.2) is 0 Å². The molecular formula is C13H13ClN4O2S. The maximum absolute atomic E-state index is 12.1. The minimum Gasteiger partial charge on any atom is -0.355 e. The first-order chi connectivity index (χ1) is 10.0. The van der Waals surface area contributed by atoms with E-state index in [2.05, 4.69) is 15.5 Å². The van der Waals surface area contributed by atoms with Gasteiger partial charge in [0.2, 0.25) is 9.47 Å². The summed E-state index contributed by atoms with van der Waals surface area (Å²) in [5, 5.41) is 10.1. The number of carbonyl (C=O) groups is 2. The number of benzene rings is 1. The Morgan fingerprint density at radius 2 is 1.95 bits per heavy atom. The van der Waals surface area contributed by atoms with Crippen LogP contribution >= 0.6 is 22.9 Å². The SMILES string of the molecule is CNC(=O)c1ccc(CN(C)C(=O)c2nnc(Cl)s2)cc1. The van der Waals surface area contributed by atoms with E-state index in [1.54, 1.807) is 38.4 Å². The lowest BCUT2D eigenvalue weighted by Gasteiger charge is -2.15. The van der Waals surface area contributed by atoms with Crippen molar-refractivity contribution in [3.63, 3.8) is 0 Å². The van der Waals surface area contributed by atoms with Crippen molar-refractivity contribution >= 4 is 34.8 Å². The van der Waals surface area contributed by atoms with Crippen LogP contribution in [0.15, 0.2) is 24.3 Å². The highest BCUT2D eigenvalue weighted by molar-refractivity contribution is 7.17. The summed E-state index contributed by atoms with van der Waals surface area (Å²) in [6, 6.07) is 7.05. The van der Waals surface area contributed by atoms with Gasteiger partial charge < -0.3 is 10.2 Å². The van der Waals surface area contributed by atoms with E-state index in [0.29, 0.717) is 12.1 Å². The number of rotatable bonds is 4.